The van der Waals surface area contributed by atoms with Crippen LogP contribution in [0.5, 0.6) is 0 Å². The molecular formula is C23H23BCl5N7Na3O2S3. The molecule has 2 heterocycles. The van der Waals surface area contributed by atoms with Gasteiger partial charge in [0.1, 0.15) is 15.6 Å². The summed E-state index contributed by atoms with van der Waals surface area (Å²) in [5.74, 6) is 0. The number of hydrogen-bond acceptors (Lipinski definition) is 11. The number of thiol groups is 1. The molecular weight excluding hydrogens is 760 g/mol. The number of rotatable bonds is 3. The number of halogens is 5. The molecule has 0 aliphatic heterocycles. The fourth-order valence-corrected chi connectivity index (χ4v) is 4.80. The molecule has 21 heteroatoms. The summed E-state index contributed by atoms with van der Waals surface area (Å²) in [6, 6.07) is 10.5. The van der Waals surface area contributed by atoms with Crippen LogP contribution < -0.4 is 100 Å². The molecule has 0 bridgehead atoms. The fraction of sp³-hybridized carbons (Fsp3) is 0.0870. The molecule has 0 aliphatic rings. The van der Waals surface area contributed by atoms with E-state index in [1.165, 1.54) is 18.0 Å². The number of nitrogen functional groups attached to an aromatic ring is 2. The topological polar surface area (TPSA) is 189 Å². The van der Waals surface area contributed by atoms with Crippen molar-refractivity contribution in [3.05, 3.63) is 85.7 Å². The number of thioether (sulfide) groups is 1. The van der Waals surface area contributed by atoms with Gasteiger partial charge in [0, 0.05) is 42.0 Å². The van der Waals surface area contributed by atoms with Gasteiger partial charge in [-0.25, -0.2) is 19.9 Å². The Morgan fingerprint density at radius 3 is 1.59 bits per heavy atom. The van der Waals surface area contributed by atoms with E-state index in [0.29, 0.717) is 26.6 Å². The predicted molar refractivity (Wildman–Crippen MR) is 177 cm³/mol. The zero-order valence-electron chi connectivity index (χ0n) is 25.2. The number of thiocyanates is 1. The Kier molecular flexibility index (Phi) is 39.5. The monoisotopic (exact) mass is 780 g/mol. The average molecular weight is 783 g/mol. The van der Waals surface area contributed by atoms with Crippen LogP contribution in [0.25, 0.3) is 0 Å². The third kappa shape index (κ3) is 19.9. The molecule has 4 rings (SSSR count). The van der Waals surface area contributed by atoms with Gasteiger partial charge in [-0.2, -0.15) is 5.26 Å². The smallest absolute Gasteiger partial charge is 1.00 e. The van der Waals surface area contributed by atoms with Crippen LogP contribution in [0.1, 0.15) is 12.6 Å². The molecule has 221 valence electrons. The van der Waals surface area contributed by atoms with Gasteiger partial charge in [0.05, 0.1) is 10.0 Å². The van der Waals surface area contributed by atoms with Crippen LogP contribution in [0, 0.1) is 24.5 Å². The number of benzene rings is 2. The summed E-state index contributed by atoms with van der Waals surface area (Å²) in [5, 5.41) is 13.1. The Hall–Kier alpha value is 1.17. The van der Waals surface area contributed by atoms with Gasteiger partial charge < -0.3 is 37.3 Å². The first-order valence-corrected chi connectivity index (χ1v) is 13.5. The minimum atomic E-state index is 0. The van der Waals surface area contributed by atoms with Gasteiger partial charge in [-0.05, 0) is 96.3 Å². The maximum atomic E-state index is 8.43. The molecule has 2 aromatic carbocycles. The van der Waals surface area contributed by atoms with Crippen molar-refractivity contribution in [3.63, 3.8) is 0 Å². The Bertz CT molecular complexity index is 1440. The van der Waals surface area contributed by atoms with E-state index in [4.69, 9.17) is 74.7 Å². The first kappa shape index (κ1) is 57.4. The summed E-state index contributed by atoms with van der Waals surface area (Å²) in [6.07, 6.45) is 3.10. The third-order valence-corrected chi connectivity index (χ3v) is 7.77. The molecule has 0 fully saturated rings. The first-order chi connectivity index (χ1) is 17.5. The molecule has 0 spiro atoms. The molecule has 2 aromatic heterocycles. The van der Waals surface area contributed by atoms with Crippen LogP contribution in [0.15, 0.2) is 63.6 Å². The zero-order chi connectivity index (χ0) is 27.5. The van der Waals surface area contributed by atoms with Gasteiger partial charge in [0.15, 0.2) is 0 Å². The molecule has 4 aromatic rings. The summed E-state index contributed by atoms with van der Waals surface area (Å²) in [5.41, 5.74) is 14.4. The van der Waals surface area contributed by atoms with Crippen LogP contribution in [0.4, 0.5) is 11.4 Å². The summed E-state index contributed by atoms with van der Waals surface area (Å²) in [4.78, 5) is 16.8. The van der Waals surface area contributed by atoms with Crippen LogP contribution in [0.3, 0.4) is 0 Å². The molecule has 7 N–H and O–H groups in total. The molecule has 0 saturated carbocycles. The number of nitrogens with two attached hydrogens (primary N) is 2. The summed E-state index contributed by atoms with van der Waals surface area (Å²) >= 11 is 31.1. The second kappa shape index (κ2) is 30.2. The Morgan fingerprint density at radius 2 is 1.18 bits per heavy atom. The Morgan fingerprint density at radius 1 is 0.750 bits per heavy atom. The van der Waals surface area contributed by atoms with Gasteiger partial charge in [-0.3, -0.25) is 0 Å². The van der Waals surface area contributed by atoms with Crippen LogP contribution in [-0.2, 0) is 13.5 Å². The van der Waals surface area contributed by atoms with Gasteiger partial charge in [0.2, 0.25) is 10.6 Å². The number of aromatic nitrogens is 4. The summed E-state index contributed by atoms with van der Waals surface area (Å²) in [6.45, 7) is 3.72. The van der Waals surface area contributed by atoms with Crippen molar-refractivity contribution in [3.8, 4) is 5.40 Å². The van der Waals surface area contributed by atoms with Crippen molar-refractivity contribution in [2.45, 2.75) is 28.7 Å². The van der Waals surface area contributed by atoms with Crippen molar-refractivity contribution in [1.82, 2.24) is 19.9 Å². The van der Waals surface area contributed by atoms with Crippen LogP contribution in [-0.4, -0.2) is 39.3 Å². The fourth-order valence-electron chi connectivity index (χ4n) is 2.36. The van der Waals surface area contributed by atoms with E-state index in [0.717, 1.165) is 37.7 Å². The third-order valence-electron chi connectivity index (χ3n) is 4.35. The molecule has 0 amide bonds. The van der Waals surface area contributed by atoms with Gasteiger partial charge in [0.25, 0.3) is 0 Å². The van der Waals surface area contributed by atoms with Crippen LogP contribution in [0.2, 0.25) is 25.8 Å². The Labute approximate surface area is 367 Å². The van der Waals surface area contributed by atoms with E-state index in [9.17, 15) is 0 Å². The van der Waals surface area contributed by atoms with Crippen molar-refractivity contribution < 1.29 is 101 Å². The van der Waals surface area contributed by atoms with Crippen molar-refractivity contribution >= 4 is 115 Å². The number of anilines is 2. The van der Waals surface area contributed by atoms with Gasteiger partial charge in [-0.1, -0.05) is 46.6 Å². The second-order valence-electron chi connectivity index (χ2n) is 6.79. The van der Waals surface area contributed by atoms with Gasteiger partial charge in [-0.15, -0.1) is 0 Å². The number of nitrogens with zero attached hydrogens (tertiary/aromatic N) is 5. The van der Waals surface area contributed by atoms with E-state index in [2.05, 4.69) is 19.9 Å². The zero-order valence-corrected chi connectivity index (χ0v) is 36.5. The summed E-state index contributed by atoms with van der Waals surface area (Å²) in [7, 11) is 0. The van der Waals surface area contributed by atoms with Crippen molar-refractivity contribution in [2.75, 3.05) is 11.5 Å². The van der Waals surface area contributed by atoms with E-state index in [1.54, 1.807) is 30.5 Å². The van der Waals surface area contributed by atoms with E-state index >= 15 is 0 Å². The molecule has 0 aliphatic carbocycles. The first-order valence-electron chi connectivity index (χ1n) is 9.99. The molecule has 44 heavy (non-hydrogen) atoms. The van der Waals surface area contributed by atoms with Gasteiger partial charge >= 0.3 is 88.7 Å². The van der Waals surface area contributed by atoms with E-state index < -0.39 is 0 Å². The van der Waals surface area contributed by atoms with E-state index in [-0.39, 0.29) is 134 Å². The predicted octanol–water partition coefficient (Wildman–Crippen LogP) is -2.12. The van der Waals surface area contributed by atoms with Crippen molar-refractivity contribution in [1.29, 1.82) is 5.26 Å². The van der Waals surface area contributed by atoms with Crippen molar-refractivity contribution in [2.24, 2.45) is 0 Å². The molecule has 9 nitrogen and oxygen atoms in total. The van der Waals surface area contributed by atoms with Crippen LogP contribution >= 0.6 is 81.5 Å². The maximum absolute atomic E-state index is 8.43. The van der Waals surface area contributed by atoms with E-state index in [1.807, 2.05) is 31.4 Å². The minimum absolute atomic E-state index is 0. The number of hydrogen-bond donors (Lipinski definition) is 2. The quantitative estimate of drug-likeness (QED) is 0.0338. The Balaban J connectivity index is -0.0000000929. The largest absolute Gasteiger partial charge is 1.00 e. The SMILES string of the molecule is Cc1c(N)ccc(SC#N)c1Cl.Cc1c(N)ccc(Sc2ccnc(Cl)n2)c1Cl.Clc1ccnc(Cl)n1.O.[B].[H-].[Na+].[Na+].[Na+].[OH-].[SH-]. The maximum Gasteiger partial charge on any atom is 1.00 e. The molecule has 0 atom stereocenters. The molecule has 0 unspecified atom stereocenters. The average Bonchev–Trinajstić information content (AvgIpc) is 2.86. The number of nitriles is 1. The normalized spacial score (nSPS) is 8.32. The summed E-state index contributed by atoms with van der Waals surface area (Å²) < 4.78 is 0. The molecule has 3 radical (unpaired) electrons. The standard InChI is InChI=1S/C11H9Cl2N3S.C8H7ClN2S.C4H2Cl2N2.B.3Na.2H2O.H2S.H/c1-6-7(14)2-3-8(10(6)12)17-9-4-5-15-11(13)16-9;1-5-6(11)2-3-7(8(5)9)12-4-10;5-3-1-2-7-4(6)8-3;;;;;;;;/h2-5H,14H2,1H3;2-3H,11H2,1H3;1-2H;;;;;3*1H2;/q;;;;3*+1;;;;-1/p-2. The second-order valence-corrected chi connectivity index (χ2v) is 10.5. The minimum Gasteiger partial charge on any atom is -1.00 e. The molecule has 0 saturated heterocycles.